The topological polar surface area (TPSA) is 69.5 Å². The minimum absolute atomic E-state index is 0.0625. The highest BCUT2D eigenvalue weighted by Crippen LogP contribution is 2.29. The molecule has 170 valence electrons. The Balaban J connectivity index is 1.75. The highest BCUT2D eigenvalue weighted by Gasteiger charge is 2.22. The van der Waals surface area contributed by atoms with Gasteiger partial charge in [0.15, 0.2) is 17.1 Å². The van der Waals surface area contributed by atoms with Crippen LogP contribution in [-0.4, -0.2) is 46.3 Å². The zero-order chi connectivity index (χ0) is 23.4. The third-order valence-electron chi connectivity index (χ3n) is 5.70. The molecule has 0 spiro atoms. The van der Waals surface area contributed by atoms with Crippen LogP contribution in [0.4, 0.5) is 0 Å². The van der Waals surface area contributed by atoms with Gasteiger partial charge in [0.25, 0.3) is 5.91 Å². The van der Waals surface area contributed by atoms with Crippen LogP contribution in [-0.2, 0) is 13.1 Å². The molecule has 7 heteroatoms. The third-order valence-corrected chi connectivity index (χ3v) is 5.70. The molecule has 0 fully saturated rings. The van der Waals surface area contributed by atoms with E-state index >= 15 is 0 Å². The number of methoxy groups -OCH3 is 2. The molecule has 0 bridgehead atoms. The molecule has 0 aliphatic carbocycles. The van der Waals surface area contributed by atoms with Gasteiger partial charge >= 0.3 is 0 Å². The number of benzene rings is 2. The van der Waals surface area contributed by atoms with Crippen LogP contribution in [0.2, 0.25) is 0 Å². The van der Waals surface area contributed by atoms with Crippen molar-refractivity contribution < 1.29 is 14.3 Å². The number of hydrogen-bond donors (Lipinski definition) is 0. The standard InChI is InChI=1S/C26H28N4O3/c1-5-29(17-18-12-13-23(32-3)24(14-18)33-4)26(31)20-15-22(19-10-8-7-9-11-19)28-25-21(20)16-27-30(25)6-2/h7-16H,5-6,17H2,1-4H3. The van der Waals surface area contributed by atoms with E-state index in [1.165, 1.54) is 0 Å². The molecule has 1 amide bonds. The van der Waals surface area contributed by atoms with Crippen LogP contribution in [0.15, 0.2) is 60.8 Å². The van der Waals surface area contributed by atoms with Crippen LogP contribution in [0, 0.1) is 0 Å². The second-order valence-electron chi connectivity index (χ2n) is 7.63. The average molecular weight is 445 g/mol. The number of amides is 1. The zero-order valence-electron chi connectivity index (χ0n) is 19.4. The van der Waals surface area contributed by atoms with Gasteiger partial charge in [-0.15, -0.1) is 0 Å². The summed E-state index contributed by atoms with van der Waals surface area (Å²) in [5.41, 5.74) is 3.98. The van der Waals surface area contributed by atoms with Crippen molar-refractivity contribution in [1.82, 2.24) is 19.7 Å². The van der Waals surface area contributed by atoms with Crippen LogP contribution < -0.4 is 9.47 Å². The van der Waals surface area contributed by atoms with E-state index in [4.69, 9.17) is 14.5 Å². The predicted molar refractivity (Wildman–Crippen MR) is 129 cm³/mol. The maximum absolute atomic E-state index is 13.8. The summed E-state index contributed by atoms with van der Waals surface area (Å²) in [4.78, 5) is 20.4. The molecule has 0 saturated carbocycles. The maximum Gasteiger partial charge on any atom is 0.255 e. The fourth-order valence-electron chi connectivity index (χ4n) is 3.91. The molecule has 0 atom stereocenters. The lowest BCUT2D eigenvalue weighted by Crippen LogP contribution is -2.30. The van der Waals surface area contributed by atoms with Gasteiger partial charge in [-0.25, -0.2) is 9.67 Å². The molecule has 33 heavy (non-hydrogen) atoms. The van der Waals surface area contributed by atoms with Gasteiger partial charge in [0, 0.05) is 25.2 Å². The fraction of sp³-hybridized carbons (Fsp3) is 0.269. The van der Waals surface area contributed by atoms with Crippen molar-refractivity contribution in [2.24, 2.45) is 0 Å². The quantitative estimate of drug-likeness (QED) is 0.391. The van der Waals surface area contributed by atoms with Crippen molar-refractivity contribution in [2.45, 2.75) is 26.9 Å². The van der Waals surface area contributed by atoms with Gasteiger partial charge in [-0.05, 0) is 37.6 Å². The first kappa shape index (κ1) is 22.3. The summed E-state index contributed by atoms with van der Waals surface area (Å²) in [7, 11) is 3.21. The van der Waals surface area contributed by atoms with E-state index in [1.54, 1.807) is 20.4 Å². The minimum Gasteiger partial charge on any atom is -0.493 e. The molecule has 4 aromatic rings. The first-order chi connectivity index (χ1) is 16.1. The van der Waals surface area contributed by atoms with Gasteiger partial charge in [0.2, 0.25) is 0 Å². The Hall–Kier alpha value is -3.87. The van der Waals surface area contributed by atoms with Crippen LogP contribution in [0.1, 0.15) is 29.8 Å². The summed E-state index contributed by atoms with van der Waals surface area (Å²) in [6, 6.07) is 17.5. The molecule has 0 unspecified atom stereocenters. The second kappa shape index (κ2) is 9.73. The number of nitrogens with zero attached hydrogens (tertiary/aromatic N) is 4. The van der Waals surface area contributed by atoms with Gasteiger partial charge in [-0.1, -0.05) is 36.4 Å². The maximum atomic E-state index is 13.8. The van der Waals surface area contributed by atoms with E-state index in [0.29, 0.717) is 42.3 Å². The Bertz CT molecular complexity index is 1270. The van der Waals surface area contributed by atoms with Crippen LogP contribution in [0.3, 0.4) is 0 Å². The largest absolute Gasteiger partial charge is 0.493 e. The van der Waals surface area contributed by atoms with E-state index in [1.807, 2.05) is 78.0 Å². The summed E-state index contributed by atoms with van der Waals surface area (Å²) in [6.07, 6.45) is 1.73. The van der Waals surface area contributed by atoms with Gasteiger partial charge < -0.3 is 14.4 Å². The lowest BCUT2D eigenvalue weighted by Gasteiger charge is -2.22. The van der Waals surface area contributed by atoms with Crippen molar-refractivity contribution in [1.29, 1.82) is 0 Å². The zero-order valence-corrected chi connectivity index (χ0v) is 19.4. The van der Waals surface area contributed by atoms with Gasteiger partial charge in [-0.3, -0.25) is 4.79 Å². The van der Waals surface area contributed by atoms with Gasteiger partial charge in [0.05, 0.1) is 37.1 Å². The monoisotopic (exact) mass is 444 g/mol. The number of ether oxygens (including phenoxy) is 2. The lowest BCUT2D eigenvalue weighted by molar-refractivity contribution is 0.0754. The molecule has 0 radical (unpaired) electrons. The van der Waals surface area contributed by atoms with E-state index in [0.717, 1.165) is 22.2 Å². The molecule has 0 N–H and O–H groups in total. The van der Waals surface area contributed by atoms with E-state index in [-0.39, 0.29) is 5.91 Å². The Morgan fingerprint density at radius 1 is 1.00 bits per heavy atom. The average Bonchev–Trinajstić information content (AvgIpc) is 3.29. The molecule has 2 heterocycles. The Kier molecular flexibility index (Phi) is 6.58. The van der Waals surface area contributed by atoms with Crippen molar-refractivity contribution in [2.75, 3.05) is 20.8 Å². The first-order valence-electron chi connectivity index (χ1n) is 11.0. The number of pyridine rings is 1. The first-order valence-corrected chi connectivity index (χ1v) is 11.0. The van der Waals surface area contributed by atoms with Crippen LogP contribution >= 0.6 is 0 Å². The molecule has 0 saturated heterocycles. The Labute approximate surface area is 193 Å². The molecule has 2 aromatic carbocycles. The lowest BCUT2D eigenvalue weighted by atomic mass is 10.1. The molecule has 7 nitrogen and oxygen atoms in total. The molecule has 0 aliphatic heterocycles. The van der Waals surface area contributed by atoms with Crippen molar-refractivity contribution in [3.8, 4) is 22.8 Å². The van der Waals surface area contributed by atoms with Gasteiger partial charge in [0.1, 0.15) is 0 Å². The summed E-state index contributed by atoms with van der Waals surface area (Å²) in [5.74, 6) is 1.24. The molecule has 4 rings (SSSR count). The summed E-state index contributed by atoms with van der Waals surface area (Å²) < 4.78 is 12.6. The number of hydrogen-bond acceptors (Lipinski definition) is 5. The SMILES string of the molecule is CCN(Cc1ccc(OC)c(OC)c1)C(=O)c1cc(-c2ccccc2)nc2c1cnn2CC. The minimum atomic E-state index is -0.0625. The van der Waals surface area contributed by atoms with Crippen molar-refractivity contribution in [3.05, 3.63) is 71.9 Å². The second-order valence-corrected chi connectivity index (χ2v) is 7.63. The van der Waals surface area contributed by atoms with Crippen molar-refractivity contribution in [3.63, 3.8) is 0 Å². The van der Waals surface area contributed by atoms with Crippen molar-refractivity contribution >= 4 is 16.9 Å². The number of fused-ring (bicyclic) bond motifs is 1. The normalized spacial score (nSPS) is 10.9. The van der Waals surface area contributed by atoms with Crippen LogP contribution in [0.25, 0.3) is 22.3 Å². The highest BCUT2D eigenvalue weighted by molar-refractivity contribution is 6.06. The van der Waals surface area contributed by atoms with Crippen LogP contribution in [0.5, 0.6) is 11.5 Å². The highest BCUT2D eigenvalue weighted by atomic mass is 16.5. The fourth-order valence-corrected chi connectivity index (χ4v) is 3.91. The number of carbonyl (C=O) groups excluding carboxylic acids is 1. The Morgan fingerprint density at radius 3 is 2.42 bits per heavy atom. The molecular weight excluding hydrogens is 416 g/mol. The third kappa shape index (κ3) is 4.39. The number of aromatic nitrogens is 3. The summed E-state index contributed by atoms with van der Waals surface area (Å²) in [6.45, 7) is 5.66. The van der Waals surface area contributed by atoms with E-state index < -0.39 is 0 Å². The van der Waals surface area contributed by atoms with Gasteiger partial charge in [-0.2, -0.15) is 5.10 Å². The summed E-state index contributed by atoms with van der Waals surface area (Å²) >= 11 is 0. The predicted octanol–water partition coefficient (Wildman–Crippen LogP) is 4.80. The number of rotatable bonds is 8. The number of carbonyl (C=O) groups is 1. The molecular formula is C26H28N4O3. The Morgan fingerprint density at radius 2 is 1.76 bits per heavy atom. The smallest absolute Gasteiger partial charge is 0.255 e. The molecule has 0 aliphatic rings. The summed E-state index contributed by atoms with van der Waals surface area (Å²) in [5, 5.41) is 5.21. The van der Waals surface area contributed by atoms with E-state index in [9.17, 15) is 4.79 Å². The molecule has 2 aromatic heterocycles. The van der Waals surface area contributed by atoms with E-state index in [2.05, 4.69) is 5.10 Å². The number of aryl methyl sites for hydroxylation is 1.